The summed E-state index contributed by atoms with van der Waals surface area (Å²) in [5.74, 6) is 0. The van der Waals surface area contributed by atoms with Crippen molar-refractivity contribution in [2.24, 2.45) is 0 Å². The molecule has 0 nitrogen and oxygen atoms in total. The van der Waals surface area contributed by atoms with E-state index in [0.29, 0.717) is 0 Å². The Balaban J connectivity index is 0.806. The van der Waals surface area contributed by atoms with Gasteiger partial charge in [-0.2, -0.15) is 0 Å². The summed E-state index contributed by atoms with van der Waals surface area (Å²) in [6.07, 6.45) is 4.49. The smallest absolute Gasteiger partial charge is 0.0722 e. The molecule has 1 spiro atoms. The minimum absolute atomic E-state index is 0.517. The minimum atomic E-state index is -0.596. The van der Waals surface area contributed by atoms with Gasteiger partial charge < -0.3 is 0 Å². The second kappa shape index (κ2) is 17.7. The number of fused-ring (bicyclic) bond motifs is 13. The second-order valence-electron chi connectivity index (χ2n) is 20.4. The van der Waals surface area contributed by atoms with E-state index in [1.807, 2.05) is 6.08 Å². The predicted octanol–water partition coefficient (Wildman–Crippen LogP) is 21.6. The molecule has 0 aliphatic heterocycles. The van der Waals surface area contributed by atoms with Crippen LogP contribution in [-0.2, 0) is 5.41 Å². The molecule has 76 heavy (non-hydrogen) atoms. The fraction of sp³-hybridized carbons (Fsp3) is 0.0270. The summed E-state index contributed by atoms with van der Waals surface area (Å²) < 4.78 is 0. The van der Waals surface area contributed by atoms with E-state index < -0.39 is 20.5 Å². The van der Waals surface area contributed by atoms with Crippen LogP contribution in [-0.4, -0.2) is 0 Å². The Kier molecular flexibility index (Phi) is 10.4. The molecule has 2 aromatic heterocycles. The summed E-state index contributed by atoms with van der Waals surface area (Å²) in [5, 5.41) is 14.0. The van der Waals surface area contributed by atoms with Gasteiger partial charge in [0.05, 0.1) is 5.41 Å². The first-order valence-corrected chi connectivity index (χ1v) is 29.0. The highest BCUT2D eigenvalue weighted by atomic mass is 31.1. The zero-order valence-electron chi connectivity index (χ0n) is 42.1. The number of hydrogen-bond donors (Lipinski definition) is 0. The topological polar surface area (TPSA) is 0 Å². The van der Waals surface area contributed by atoms with Gasteiger partial charge in [-0.1, -0.05) is 258 Å². The molecule has 0 fully saturated rings. The van der Waals surface area contributed by atoms with E-state index in [0.717, 1.165) is 11.1 Å². The molecule has 2 atom stereocenters. The van der Waals surface area contributed by atoms with Crippen molar-refractivity contribution < 1.29 is 0 Å². The molecule has 13 aromatic rings. The van der Waals surface area contributed by atoms with Crippen LogP contribution in [0.5, 0.6) is 0 Å². The van der Waals surface area contributed by atoms with Gasteiger partial charge in [0, 0.05) is 20.5 Å². The number of rotatable bonds is 8. The Labute approximate surface area is 446 Å². The van der Waals surface area contributed by atoms with Gasteiger partial charge in [0.25, 0.3) is 0 Å². The van der Waals surface area contributed by atoms with Crippen molar-refractivity contribution >= 4 is 68.2 Å². The minimum Gasteiger partial charge on any atom is -0.0984 e. The summed E-state index contributed by atoms with van der Waals surface area (Å²) in [4.78, 5) is 0. The lowest BCUT2D eigenvalue weighted by molar-refractivity contribution is 0.786. The van der Waals surface area contributed by atoms with E-state index >= 15 is 0 Å². The highest BCUT2D eigenvalue weighted by Crippen LogP contribution is 2.63. The molecule has 0 N–H and O–H groups in total. The average Bonchev–Trinajstić information content (AvgIpc) is 4.38. The van der Waals surface area contributed by atoms with Crippen molar-refractivity contribution in [3.63, 3.8) is 0 Å². The Hall–Kier alpha value is -8.76. The highest BCUT2D eigenvalue weighted by molar-refractivity contribution is 7.68. The Morgan fingerprint density at radius 3 is 1.28 bits per heavy atom. The average molecular weight is 1000 g/mol. The number of benzene rings is 11. The summed E-state index contributed by atoms with van der Waals surface area (Å²) in [7, 11) is -1.18. The summed E-state index contributed by atoms with van der Waals surface area (Å²) in [6, 6.07) is 98.1. The van der Waals surface area contributed by atoms with Crippen LogP contribution in [0.2, 0.25) is 0 Å². The lowest BCUT2D eigenvalue weighted by Crippen LogP contribution is -2.27. The van der Waals surface area contributed by atoms with Gasteiger partial charge in [0.1, 0.15) is 0 Å². The first kappa shape index (κ1) is 44.7. The standard InChI is InChI=1S/C74H50P2/c1-3-49(50-30-32-51(33-31-50)54-39-42-72-64(44-54)62-24-12-16-28-70(62)75(72)57-18-6-4-7-19-57)46-68-48(2)59-41-38-56(47-69(59)74(68)66-26-14-10-22-60(66)61-23-11-15-27-67(61)74)53-36-34-52(35-37-53)55-40-43-73-65(45-55)63-25-13-17-29-71(63)76(73)58-20-8-5-9-21-58/h3-47H,1H2,2H3/b49-46+. The van der Waals surface area contributed by atoms with Gasteiger partial charge in [0.15, 0.2) is 0 Å². The van der Waals surface area contributed by atoms with Crippen LogP contribution in [0.1, 0.15) is 34.7 Å². The molecule has 0 bridgehead atoms. The molecular weight excluding hydrogens is 951 g/mol. The Morgan fingerprint density at radius 2 is 0.763 bits per heavy atom. The van der Waals surface area contributed by atoms with Crippen LogP contribution in [0.3, 0.4) is 0 Å². The highest BCUT2D eigenvalue weighted by Gasteiger charge is 2.51. The Bertz CT molecular complexity index is 4510. The maximum atomic E-state index is 4.47. The van der Waals surface area contributed by atoms with Crippen LogP contribution in [0.25, 0.3) is 108 Å². The van der Waals surface area contributed by atoms with Gasteiger partial charge in [-0.05, 0) is 165 Å². The fourth-order valence-corrected chi connectivity index (χ4v) is 18.3. The van der Waals surface area contributed by atoms with Crippen LogP contribution < -0.4 is 0 Å². The van der Waals surface area contributed by atoms with E-state index in [1.54, 1.807) is 0 Å². The molecule has 11 aromatic carbocycles. The lowest BCUT2D eigenvalue weighted by Gasteiger charge is -2.32. The van der Waals surface area contributed by atoms with Crippen LogP contribution in [0.15, 0.2) is 285 Å². The van der Waals surface area contributed by atoms with E-state index in [9.17, 15) is 0 Å². The van der Waals surface area contributed by atoms with Gasteiger partial charge >= 0.3 is 0 Å². The maximum absolute atomic E-state index is 4.47. The fourth-order valence-electron chi connectivity index (χ4n) is 13.1. The second-order valence-corrected chi connectivity index (χ2v) is 24.7. The summed E-state index contributed by atoms with van der Waals surface area (Å²) in [5.41, 5.74) is 19.5. The van der Waals surface area contributed by atoms with Crippen molar-refractivity contribution in [3.8, 4) is 55.1 Å². The third-order valence-corrected chi connectivity index (χ3v) is 21.7. The normalized spacial score (nSPS) is 14.0. The largest absolute Gasteiger partial charge is 0.0984 e. The van der Waals surface area contributed by atoms with Gasteiger partial charge in [-0.15, -0.1) is 0 Å². The Morgan fingerprint density at radius 1 is 0.355 bits per heavy atom. The molecule has 0 amide bonds. The molecule has 2 heteroatoms. The van der Waals surface area contributed by atoms with E-state index in [1.165, 1.54) is 131 Å². The SMILES string of the molecule is C=C/C(=C\C1=C(C)c2ccc(-c3ccc(-c4ccc5c(c4)c4ccccc4p5-c4ccccc4)cc3)cc2C12c1ccccc1-c1ccccc12)c1ccc(-c2ccc3c(c2)c2ccccc2p3-c2ccccc2)cc1. The molecular formula is C74H50P2. The molecule has 2 aliphatic rings. The number of allylic oxidation sites excluding steroid dienone is 5. The van der Waals surface area contributed by atoms with Crippen molar-refractivity contribution in [1.29, 1.82) is 0 Å². The van der Waals surface area contributed by atoms with Crippen molar-refractivity contribution in [1.82, 2.24) is 0 Å². The molecule has 15 rings (SSSR count). The lowest BCUT2D eigenvalue weighted by atomic mass is 9.68. The van der Waals surface area contributed by atoms with E-state index in [-0.39, 0.29) is 0 Å². The van der Waals surface area contributed by atoms with E-state index in [4.69, 9.17) is 0 Å². The molecule has 2 aliphatic carbocycles. The molecule has 0 saturated carbocycles. The first-order valence-electron chi connectivity index (χ1n) is 26.4. The maximum Gasteiger partial charge on any atom is 0.0722 e. The van der Waals surface area contributed by atoms with Crippen LogP contribution in [0, 0.1) is 0 Å². The monoisotopic (exact) mass is 1000 g/mol. The quantitative estimate of drug-likeness (QED) is 0.133. The molecule has 0 saturated heterocycles. The molecule has 2 heterocycles. The van der Waals surface area contributed by atoms with Crippen molar-refractivity contribution in [3.05, 3.63) is 313 Å². The van der Waals surface area contributed by atoms with Crippen molar-refractivity contribution in [2.75, 3.05) is 0 Å². The van der Waals surface area contributed by atoms with E-state index in [2.05, 4.69) is 280 Å². The van der Waals surface area contributed by atoms with Crippen LogP contribution in [0.4, 0.5) is 0 Å². The third-order valence-electron chi connectivity index (χ3n) is 16.6. The number of hydrogen-bond acceptors (Lipinski definition) is 0. The van der Waals surface area contributed by atoms with Crippen LogP contribution >= 0.6 is 15.1 Å². The van der Waals surface area contributed by atoms with Gasteiger partial charge in [-0.3, -0.25) is 0 Å². The molecule has 356 valence electrons. The summed E-state index contributed by atoms with van der Waals surface area (Å²) >= 11 is 0. The zero-order chi connectivity index (χ0) is 50.5. The first-order chi connectivity index (χ1) is 37.6. The van der Waals surface area contributed by atoms with Gasteiger partial charge in [-0.25, -0.2) is 0 Å². The third kappa shape index (κ3) is 6.71. The predicted molar refractivity (Wildman–Crippen MR) is 330 cm³/mol. The van der Waals surface area contributed by atoms with Gasteiger partial charge in [0.2, 0.25) is 0 Å². The molecule has 0 radical (unpaired) electrons. The summed E-state index contributed by atoms with van der Waals surface area (Å²) in [6.45, 7) is 6.80. The molecule has 2 unspecified atom stereocenters. The van der Waals surface area contributed by atoms with Crippen molar-refractivity contribution in [2.45, 2.75) is 12.3 Å². The zero-order valence-corrected chi connectivity index (χ0v) is 43.9.